The number of ether oxygens (including phenoxy) is 1. The molecule has 0 aliphatic carbocycles. The highest BCUT2D eigenvalue weighted by Gasteiger charge is 2.02. The molecule has 17 heavy (non-hydrogen) atoms. The molecule has 6 heteroatoms. The third-order valence-corrected chi connectivity index (χ3v) is 2.29. The predicted molar refractivity (Wildman–Crippen MR) is 68.8 cm³/mol. The molecule has 0 aliphatic heterocycles. The number of hydrogen-bond donors (Lipinski definition) is 1. The van der Waals surface area contributed by atoms with Crippen LogP contribution in [0.4, 0.5) is 5.82 Å². The molecule has 0 saturated heterocycles. The van der Waals surface area contributed by atoms with Gasteiger partial charge in [-0.05, 0) is 6.42 Å². The summed E-state index contributed by atoms with van der Waals surface area (Å²) >= 11 is 5.47. The first kappa shape index (κ1) is 14.0. The minimum absolute atomic E-state index is 0.0910. The molecule has 0 aliphatic rings. The van der Waals surface area contributed by atoms with Crippen molar-refractivity contribution in [2.75, 3.05) is 31.0 Å². The van der Waals surface area contributed by atoms with Gasteiger partial charge in [-0.3, -0.25) is 4.79 Å². The Morgan fingerprint density at radius 1 is 1.53 bits per heavy atom. The van der Waals surface area contributed by atoms with Crippen LogP contribution in [-0.4, -0.2) is 35.2 Å². The molecule has 0 saturated carbocycles. The molecule has 0 radical (unpaired) electrons. The molecule has 1 aromatic heterocycles. The van der Waals surface area contributed by atoms with E-state index in [0.29, 0.717) is 38.0 Å². The molecular formula is C11H18ClN3O2. The monoisotopic (exact) mass is 259 g/mol. The van der Waals surface area contributed by atoms with Gasteiger partial charge in [-0.1, -0.05) is 6.92 Å². The third kappa shape index (κ3) is 4.75. The van der Waals surface area contributed by atoms with Gasteiger partial charge in [0, 0.05) is 31.4 Å². The first-order chi connectivity index (χ1) is 8.29. The molecule has 0 amide bonds. The first-order valence-corrected chi connectivity index (χ1v) is 6.26. The first-order valence-electron chi connectivity index (χ1n) is 5.72. The maximum absolute atomic E-state index is 11.9. The van der Waals surface area contributed by atoms with Gasteiger partial charge in [0.15, 0.2) is 5.82 Å². The maximum atomic E-state index is 11.9. The molecule has 96 valence electrons. The van der Waals surface area contributed by atoms with E-state index in [1.165, 1.54) is 0 Å². The van der Waals surface area contributed by atoms with Gasteiger partial charge in [0.25, 0.3) is 5.56 Å². The Labute approximate surface area is 106 Å². The number of halogens is 1. The summed E-state index contributed by atoms with van der Waals surface area (Å²) in [5.74, 6) is 0.850. The van der Waals surface area contributed by atoms with Gasteiger partial charge in [0.1, 0.15) is 0 Å². The Hall–Kier alpha value is -1.07. The van der Waals surface area contributed by atoms with Crippen molar-refractivity contribution in [1.82, 2.24) is 9.55 Å². The lowest BCUT2D eigenvalue weighted by Gasteiger charge is -2.08. The van der Waals surface area contributed by atoms with E-state index in [-0.39, 0.29) is 5.56 Å². The Morgan fingerprint density at radius 2 is 2.35 bits per heavy atom. The summed E-state index contributed by atoms with van der Waals surface area (Å²) in [5.41, 5.74) is -0.0910. The van der Waals surface area contributed by atoms with Crippen molar-refractivity contribution in [3.05, 3.63) is 22.7 Å². The van der Waals surface area contributed by atoms with Crippen LogP contribution in [0.25, 0.3) is 0 Å². The third-order valence-electron chi connectivity index (χ3n) is 2.14. The number of nitrogens with zero attached hydrogens (tertiary/aromatic N) is 2. The van der Waals surface area contributed by atoms with Crippen molar-refractivity contribution in [3.63, 3.8) is 0 Å². The van der Waals surface area contributed by atoms with E-state index >= 15 is 0 Å². The Kier molecular flexibility index (Phi) is 6.65. The SMILES string of the molecule is CCCn1ccnc(NCCOCCCl)c1=O. The summed E-state index contributed by atoms with van der Waals surface area (Å²) in [4.78, 5) is 15.9. The molecule has 0 aromatic carbocycles. The van der Waals surface area contributed by atoms with E-state index < -0.39 is 0 Å². The molecule has 0 spiro atoms. The minimum Gasteiger partial charge on any atom is -0.378 e. The molecule has 1 heterocycles. The summed E-state index contributed by atoms with van der Waals surface area (Å²) < 4.78 is 6.84. The van der Waals surface area contributed by atoms with Gasteiger partial charge >= 0.3 is 0 Å². The fraction of sp³-hybridized carbons (Fsp3) is 0.636. The molecule has 1 N–H and O–H groups in total. The summed E-state index contributed by atoms with van der Waals surface area (Å²) in [5, 5.41) is 2.96. The summed E-state index contributed by atoms with van der Waals surface area (Å²) in [6.45, 7) is 4.32. The van der Waals surface area contributed by atoms with Crippen LogP contribution in [0.2, 0.25) is 0 Å². The number of anilines is 1. The average molecular weight is 260 g/mol. The zero-order valence-electron chi connectivity index (χ0n) is 9.99. The van der Waals surface area contributed by atoms with Crippen LogP contribution in [0, 0.1) is 0 Å². The zero-order chi connectivity index (χ0) is 12.5. The van der Waals surface area contributed by atoms with Crippen LogP contribution in [-0.2, 0) is 11.3 Å². The van der Waals surface area contributed by atoms with Crippen molar-refractivity contribution in [1.29, 1.82) is 0 Å². The maximum Gasteiger partial charge on any atom is 0.293 e. The lowest BCUT2D eigenvalue weighted by molar-refractivity contribution is 0.160. The van der Waals surface area contributed by atoms with Crippen LogP contribution in [0.1, 0.15) is 13.3 Å². The van der Waals surface area contributed by atoms with Crippen molar-refractivity contribution < 1.29 is 4.74 Å². The topological polar surface area (TPSA) is 56.1 Å². The number of hydrogen-bond acceptors (Lipinski definition) is 4. The standard InChI is InChI=1S/C11H18ClN3O2/c1-2-6-15-7-4-13-10(11(15)16)14-5-9-17-8-3-12/h4,7H,2-3,5-6,8-9H2,1H3,(H,13,14). The van der Waals surface area contributed by atoms with Crippen molar-refractivity contribution >= 4 is 17.4 Å². The minimum atomic E-state index is -0.0910. The second-order valence-electron chi connectivity index (χ2n) is 3.50. The molecular weight excluding hydrogens is 242 g/mol. The number of aromatic nitrogens is 2. The Bertz CT molecular complexity index is 381. The normalized spacial score (nSPS) is 10.5. The highest BCUT2D eigenvalue weighted by Crippen LogP contribution is 1.93. The van der Waals surface area contributed by atoms with Crippen molar-refractivity contribution in [2.24, 2.45) is 0 Å². The lowest BCUT2D eigenvalue weighted by Crippen LogP contribution is -2.25. The lowest BCUT2D eigenvalue weighted by atomic mass is 10.4. The van der Waals surface area contributed by atoms with E-state index in [9.17, 15) is 4.79 Å². The van der Waals surface area contributed by atoms with Gasteiger partial charge in [-0.15, -0.1) is 11.6 Å². The van der Waals surface area contributed by atoms with Gasteiger partial charge in [0.2, 0.25) is 0 Å². The summed E-state index contributed by atoms with van der Waals surface area (Å²) in [6.07, 6.45) is 4.24. The largest absolute Gasteiger partial charge is 0.378 e. The molecule has 0 fully saturated rings. The van der Waals surface area contributed by atoms with Gasteiger partial charge < -0.3 is 14.6 Å². The van der Waals surface area contributed by atoms with Crippen LogP contribution < -0.4 is 10.9 Å². The van der Waals surface area contributed by atoms with Gasteiger partial charge in [-0.2, -0.15) is 0 Å². The molecule has 1 rings (SSSR count). The summed E-state index contributed by atoms with van der Waals surface area (Å²) in [6, 6.07) is 0. The van der Waals surface area contributed by atoms with Crippen LogP contribution >= 0.6 is 11.6 Å². The Balaban J connectivity index is 2.48. The molecule has 0 unspecified atom stereocenters. The van der Waals surface area contributed by atoms with Gasteiger partial charge in [-0.25, -0.2) is 4.98 Å². The van der Waals surface area contributed by atoms with E-state index in [1.807, 2.05) is 6.92 Å². The van der Waals surface area contributed by atoms with E-state index in [0.717, 1.165) is 6.42 Å². The summed E-state index contributed by atoms with van der Waals surface area (Å²) in [7, 11) is 0. The predicted octanol–water partition coefficient (Wildman–Crippen LogP) is 1.32. The quantitative estimate of drug-likeness (QED) is 0.565. The van der Waals surface area contributed by atoms with Crippen molar-refractivity contribution in [3.8, 4) is 0 Å². The number of rotatable bonds is 8. The van der Waals surface area contributed by atoms with Crippen LogP contribution in [0.5, 0.6) is 0 Å². The fourth-order valence-corrected chi connectivity index (χ4v) is 1.49. The van der Waals surface area contributed by atoms with E-state index in [4.69, 9.17) is 16.3 Å². The van der Waals surface area contributed by atoms with Gasteiger partial charge in [0.05, 0.1) is 13.2 Å². The molecule has 0 bridgehead atoms. The second-order valence-corrected chi connectivity index (χ2v) is 3.88. The van der Waals surface area contributed by atoms with Crippen LogP contribution in [0.15, 0.2) is 17.2 Å². The average Bonchev–Trinajstić information content (AvgIpc) is 2.33. The van der Waals surface area contributed by atoms with Crippen LogP contribution in [0.3, 0.4) is 0 Å². The highest BCUT2D eigenvalue weighted by molar-refractivity contribution is 6.17. The number of nitrogens with one attached hydrogen (secondary N) is 1. The zero-order valence-corrected chi connectivity index (χ0v) is 10.7. The van der Waals surface area contributed by atoms with E-state index in [1.54, 1.807) is 17.0 Å². The Morgan fingerprint density at radius 3 is 3.06 bits per heavy atom. The smallest absolute Gasteiger partial charge is 0.293 e. The van der Waals surface area contributed by atoms with E-state index in [2.05, 4.69) is 10.3 Å². The molecule has 5 nitrogen and oxygen atoms in total. The van der Waals surface area contributed by atoms with Crippen molar-refractivity contribution in [2.45, 2.75) is 19.9 Å². The highest BCUT2D eigenvalue weighted by atomic mass is 35.5. The second kappa shape index (κ2) is 8.08. The molecule has 0 atom stereocenters. The number of aryl methyl sites for hydroxylation is 1. The molecule has 1 aromatic rings. The fourth-order valence-electron chi connectivity index (χ4n) is 1.38. The number of alkyl halides is 1.